The summed E-state index contributed by atoms with van der Waals surface area (Å²) >= 11 is 0. The van der Waals surface area contributed by atoms with Gasteiger partial charge < -0.3 is 5.73 Å². The Morgan fingerprint density at radius 1 is 1.60 bits per heavy atom. The Morgan fingerprint density at radius 2 is 2.30 bits per heavy atom. The molecule has 1 aromatic heterocycles. The second-order valence-corrected chi connectivity index (χ2v) is 1.98. The van der Waals surface area contributed by atoms with E-state index in [1.807, 2.05) is 0 Å². The van der Waals surface area contributed by atoms with Crippen LogP contribution in [0.3, 0.4) is 0 Å². The highest BCUT2D eigenvalue weighted by atomic mass is 19.1. The average Bonchev–Trinajstić information content (AvgIpc) is 1.85. The fourth-order valence-electron chi connectivity index (χ4n) is 0.716. The van der Waals surface area contributed by atoms with E-state index in [9.17, 15) is 4.39 Å². The number of aryl methyl sites for hydroxylation is 1. The molecule has 0 saturated carbocycles. The summed E-state index contributed by atoms with van der Waals surface area (Å²) in [4.78, 5) is 7.43. The van der Waals surface area contributed by atoms with Crippen LogP contribution in [0.1, 0.15) is 11.5 Å². The van der Waals surface area contributed by atoms with Crippen LogP contribution in [0.2, 0.25) is 0 Å². The molecule has 0 aromatic carbocycles. The lowest BCUT2D eigenvalue weighted by Gasteiger charge is -1.96. The van der Waals surface area contributed by atoms with Gasteiger partial charge in [0.05, 0.1) is 0 Å². The van der Waals surface area contributed by atoms with E-state index in [-0.39, 0.29) is 5.82 Å². The van der Waals surface area contributed by atoms with E-state index in [2.05, 4.69) is 9.97 Å². The highest BCUT2D eigenvalue weighted by Gasteiger charge is 1.96. The number of hydrogen-bond acceptors (Lipinski definition) is 3. The molecule has 3 nitrogen and oxygen atoms in total. The molecule has 0 spiro atoms. The quantitative estimate of drug-likeness (QED) is 0.630. The molecule has 0 unspecified atom stereocenters. The molecule has 0 atom stereocenters. The number of hydrogen-bond donors (Lipinski definition) is 1. The molecule has 1 aromatic rings. The Balaban J connectivity index is 3.06. The fraction of sp³-hybridized carbons (Fsp3) is 0.333. The molecule has 0 aliphatic carbocycles. The van der Waals surface area contributed by atoms with E-state index in [1.165, 1.54) is 0 Å². The third-order valence-corrected chi connectivity index (χ3v) is 1.04. The van der Waals surface area contributed by atoms with Crippen molar-refractivity contribution in [1.29, 1.82) is 0 Å². The first kappa shape index (κ1) is 6.92. The van der Waals surface area contributed by atoms with Crippen LogP contribution < -0.4 is 5.73 Å². The number of nitrogen functional groups attached to an aromatic ring is 1. The first-order valence-corrected chi connectivity index (χ1v) is 2.88. The molecular weight excluding hydrogens is 133 g/mol. The van der Waals surface area contributed by atoms with Gasteiger partial charge in [0.25, 0.3) is 0 Å². The largest absolute Gasteiger partial charge is 0.384 e. The smallest absolute Gasteiger partial charge is 0.161 e. The van der Waals surface area contributed by atoms with Crippen molar-refractivity contribution < 1.29 is 4.39 Å². The van der Waals surface area contributed by atoms with Gasteiger partial charge in [-0.1, -0.05) is 0 Å². The molecule has 0 fully saturated rings. The van der Waals surface area contributed by atoms with E-state index < -0.39 is 6.67 Å². The van der Waals surface area contributed by atoms with Crippen molar-refractivity contribution in [3.05, 3.63) is 17.6 Å². The van der Waals surface area contributed by atoms with Crippen LogP contribution in [-0.2, 0) is 6.67 Å². The zero-order chi connectivity index (χ0) is 7.56. The van der Waals surface area contributed by atoms with Gasteiger partial charge in [-0.05, 0) is 6.92 Å². The Hall–Kier alpha value is -1.19. The summed E-state index contributed by atoms with van der Waals surface area (Å²) < 4.78 is 11.9. The molecule has 0 saturated heterocycles. The van der Waals surface area contributed by atoms with Crippen molar-refractivity contribution in [3.63, 3.8) is 0 Å². The second kappa shape index (κ2) is 2.60. The standard InChI is InChI=1S/C6H8FN3/c1-4-2-5(8)10-6(3-7)9-4/h2H,3H2,1H3,(H2,8,9,10). The fourth-order valence-corrected chi connectivity index (χ4v) is 0.716. The molecule has 0 aliphatic heterocycles. The van der Waals surface area contributed by atoms with Crippen molar-refractivity contribution in [2.75, 3.05) is 5.73 Å². The molecule has 1 heterocycles. The number of aromatic nitrogens is 2. The molecule has 0 aliphatic rings. The molecular formula is C6H8FN3. The average molecular weight is 141 g/mol. The number of anilines is 1. The van der Waals surface area contributed by atoms with E-state index >= 15 is 0 Å². The highest BCUT2D eigenvalue weighted by Crippen LogP contribution is 2.01. The first-order chi connectivity index (χ1) is 4.72. The van der Waals surface area contributed by atoms with E-state index in [4.69, 9.17) is 5.73 Å². The maximum atomic E-state index is 11.9. The van der Waals surface area contributed by atoms with Gasteiger partial charge in [0.2, 0.25) is 0 Å². The van der Waals surface area contributed by atoms with Gasteiger partial charge in [-0.3, -0.25) is 0 Å². The minimum atomic E-state index is -0.661. The van der Waals surface area contributed by atoms with Crippen LogP contribution in [-0.4, -0.2) is 9.97 Å². The summed E-state index contributed by atoms with van der Waals surface area (Å²) in [6.07, 6.45) is 0. The van der Waals surface area contributed by atoms with Crippen LogP contribution in [0.15, 0.2) is 6.07 Å². The number of halogens is 1. The topological polar surface area (TPSA) is 51.8 Å². The highest BCUT2D eigenvalue weighted by molar-refractivity contribution is 5.28. The third kappa shape index (κ3) is 1.40. The number of rotatable bonds is 1. The molecule has 4 heteroatoms. The van der Waals surface area contributed by atoms with Gasteiger partial charge in [0.15, 0.2) is 5.82 Å². The Morgan fingerprint density at radius 3 is 2.80 bits per heavy atom. The Labute approximate surface area is 58.1 Å². The van der Waals surface area contributed by atoms with Crippen molar-refractivity contribution >= 4 is 5.82 Å². The van der Waals surface area contributed by atoms with Crippen molar-refractivity contribution in [1.82, 2.24) is 9.97 Å². The Kier molecular flexibility index (Phi) is 1.80. The van der Waals surface area contributed by atoms with Gasteiger partial charge in [0, 0.05) is 11.8 Å². The zero-order valence-electron chi connectivity index (χ0n) is 5.63. The minimum Gasteiger partial charge on any atom is -0.384 e. The van der Waals surface area contributed by atoms with E-state index in [0.717, 1.165) is 0 Å². The molecule has 0 amide bonds. The molecule has 1 rings (SSSR count). The summed E-state index contributed by atoms with van der Waals surface area (Å²) in [5, 5.41) is 0. The molecule has 54 valence electrons. The lowest BCUT2D eigenvalue weighted by atomic mass is 10.4. The number of nitrogens with two attached hydrogens (primary N) is 1. The van der Waals surface area contributed by atoms with Crippen LogP contribution in [0, 0.1) is 6.92 Å². The predicted molar refractivity (Wildman–Crippen MR) is 36.0 cm³/mol. The molecule has 2 N–H and O–H groups in total. The van der Waals surface area contributed by atoms with Gasteiger partial charge >= 0.3 is 0 Å². The zero-order valence-corrected chi connectivity index (χ0v) is 5.63. The van der Waals surface area contributed by atoms with Crippen molar-refractivity contribution in [3.8, 4) is 0 Å². The summed E-state index contributed by atoms with van der Waals surface area (Å²) in [6, 6.07) is 1.60. The molecule has 10 heavy (non-hydrogen) atoms. The van der Waals surface area contributed by atoms with Crippen LogP contribution in [0.5, 0.6) is 0 Å². The lowest BCUT2D eigenvalue weighted by molar-refractivity contribution is 0.465. The summed E-state index contributed by atoms with van der Waals surface area (Å²) in [5.41, 5.74) is 6.01. The summed E-state index contributed by atoms with van der Waals surface area (Å²) in [7, 11) is 0. The van der Waals surface area contributed by atoms with Crippen LogP contribution in [0.25, 0.3) is 0 Å². The molecule has 0 bridgehead atoms. The third-order valence-electron chi connectivity index (χ3n) is 1.04. The number of alkyl halides is 1. The maximum absolute atomic E-state index is 11.9. The molecule has 0 radical (unpaired) electrons. The maximum Gasteiger partial charge on any atom is 0.161 e. The minimum absolute atomic E-state index is 0.150. The van der Waals surface area contributed by atoms with E-state index in [0.29, 0.717) is 11.5 Å². The summed E-state index contributed by atoms with van der Waals surface area (Å²) in [6.45, 7) is 1.09. The monoisotopic (exact) mass is 141 g/mol. The lowest BCUT2D eigenvalue weighted by Crippen LogP contribution is -1.98. The Bertz CT molecular complexity index is 216. The predicted octanol–water partition coefficient (Wildman–Crippen LogP) is 0.837. The van der Waals surface area contributed by atoms with Gasteiger partial charge in [-0.15, -0.1) is 0 Å². The normalized spacial score (nSPS) is 9.80. The van der Waals surface area contributed by atoms with Crippen molar-refractivity contribution in [2.45, 2.75) is 13.6 Å². The van der Waals surface area contributed by atoms with E-state index in [1.54, 1.807) is 13.0 Å². The summed E-state index contributed by atoms with van der Waals surface area (Å²) in [5.74, 6) is 0.470. The van der Waals surface area contributed by atoms with Gasteiger partial charge in [-0.2, -0.15) is 0 Å². The second-order valence-electron chi connectivity index (χ2n) is 1.98. The van der Waals surface area contributed by atoms with Crippen LogP contribution >= 0.6 is 0 Å². The van der Waals surface area contributed by atoms with Crippen molar-refractivity contribution in [2.24, 2.45) is 0 Å². The van der Waals surface area contributed by atoms with Gasteiger partial charge in [0.1, 0.15) is 12.5 Å². The SMILES string of the molecule is Cc1cc(N)nc(CF)n1. The van der Waals surface area contributed by atoms with Gasteiger partial charge in [-0.25, -0.2) is 14.4 Å². The first-order valence-electron chi connectivity index (χ1n) is 2.88. The number of nitrogens with zero attached hydrogens (tertiary/aromatic N) is 2. The van der Waals surface area contributed by atoms with Crippen LogP contribution in [0.4, 0.5) is 10.2 Å².